The van der Waals surface area contributed by atoms with Gasteiger partial charge in [-0.05, 0) is 18.6 Å². The summed E-state index contributed by atoms with van der Waals surface area (Å²) in [6.07, 6.45) is -0.234. The fourth-order valence-corrected chi connectivity index (χ4v) is 1.65. The van der Waals surface area contributed by atoms with Crippen LogP contribution in [0.25, 0.3) is 0 Å². The Balaban J connectivity index is 2.82. The Morgan fingerprint density at radius 3 is 2.52 bits per heavy atom. The zero-order chi connectivity index (χ0) is 16.0. The van der Waals surface area contributed by atoms with E-state index in [0.29, 0.717) is 5.75 Å². The van der Waals surface area contributed by atoms with Gasteiger partial charge in [0, 0.05) is 18.2 Å². The number of nitrogens with one attached hydrogen (secondary N) is 1. The molecule has 0 aromatic heterocycles. The molecule has 0 aliphatic rings. The monoisotopic (exact) mass is 295 g/mol. The zero-order valence-corrected chi connectivity index (χ0v) is 11.5. The number of carboxylic acid groups (broad SMARTS) is 1. The lowest BCUT2D eigenvalue weighted by Gasteiger charge is -2.15. The van der Waals surface area contributed by atoms with Gasteiger partial charge < -0.3 is 26.6 Å². The van der Waals surface area contributed by atoms with E-state index >= 15 is 0 Å². The van der Waals surface area contributed by atoms with Gasteiger partial charge >= 0.3 is 5.97 Å². The highest BCUT2D eigenvalue weighted by Crippen LogP contribution is 2.19. The minimum absolute atomic E-state index is 0.0908. The zero-order valence-electron chi connectivity index (χ0n) is 11.5. The number of rotatable bonds is 7. The quantitative estimate of drug-likeness (QED) is 0.509. The van der Waals surface area contributed by atoms with Crippen LogP contribution in [-0.2, 0) is 9.59 Å². The van der Waals surface area contributed by atoms with Crippen LogP contribution in [0.1, 0.15) is 23.2 Å². The lowest BCUT2D eigenvalue weighted by atomic mass is 10.1. The van der Waals surface area contributed by atoms with E-state index in [-0.39, 0.29) is 24.1 Å². The summed E-state index contributed by atoms with van der Waals surface area (Å²) in [5.74, 6) is -2.06. The molecule has 0 fully saturated rings. The third kappa shape index (κ3) is 4.68. The van der Waals surface area contributed by atoms with Crippen LogP contribution in [0.5, 0.6) is 5.75 Å². The van der Waals surface area contributed by atoms with E-state index in [9.17, 15) is 14.4 Å². The summed E-state index contributed by atoms with van der Waals surface area (Å²) in [7, 11) is 1.46. The first kappa shape index (κ1) is 16.3. The van der Waals surface area contributed by atoms with Crippen LogP contribution in [-0.4, -0.2) is 36.0 Å². The fraction of sp³-hybridized carbons (Fsp3) is 0.308. The molecule has 0 aliphatic heterocycles. The van der Waals surface area contributed by atoms with Crippen LogP contribution in [0.15, 0.2) is 18.2 Å². The molecule has 1 rings (SSSR count). The Morgan fingerprint density at radius 2 is 2.05 bits per heavy atom. The molecule has 0 bridgehead atoms. The van der Waals surface area contributed by atoms with Gasteiger partial charge in [0.15, 0.2) is 0 Å². The molecule has 21 heavy (non-hydrogen) atoms. The molecule has 0 radical (unpaired) electrons. The number of amides is 2. The molecule has 114 valence electrons. The van der Waals surface area contributed by atoms with Gasteiger partial charge in [0.2, 0.25) is 5.91 Å². The summed E-state index contributed by atoms with van der Waals surface area (Å²) >= 11 is 0. The summed E-state index contributed by atoms with van der Waals surface area (Å²) in [6, 6.07) is 3.20. The average molecular weight is 295 g/mol. The Morgan fingerprint density at radius 1 is 1.38 bits per heavy atom. The van der Waals surface area contributed by atoms with Crippen LogP contribution in [0.4, 0.5) is 5.69 Å². The highest BCUT2D eigenvalue weighted by atomic mass is 16.5. The SMILES string of the molecule is COc1ccc(C(=O)NC(CCC(N)=O)C(=O)O)c(N)c1. The van der Waals surface area contributed by atoms with Crippen molar-refractivity contribution in [3.63, 3.8) is 0 Å². The number of hydrogen-bond donors (Lipinski definition) is 4. The number of methoxy groups -OCH3 is 1. The third-order valence-corrected chi connectivity index (χ3v) is 2.79. The smallest absolute Gasteiger partial charge is 0.326 e. The maximum absolute atomic E-state index is 12.0. The second-order valence-electron chi connectivity index (χ2n) is 4.32. The Labute approximate surface area is 121 Å². The lowest BCUT2D eigenvalue weighted by Crippen LogP contribution is -2.41. The minimum Gasteiger partial charge on any atom is -0.497 e. The second kappa shape index (κ2) is 7.13. The first-order chi connectivity index (χ1) is 9.85. The minimum atomic E-state index is -1.25. The lowest BCUT2D eigenvalue weighted by molar-refractivity contribution is -0.139. The number of primary amides is 1. The highest BCUT2D eigenvalue weighted by Gasteiger charge is 2.22. The topological polar surface area (TPSA) is 145 Å². The van der Waals surface area contributed by atoms with Crippen molar-refractivity contribution in [2.75, 3.05) is 12.8 Å². The number of anilines is 1. The molecule has 0 aliphatic carbocycles. The maximum Gasteiger partial charge on any atom is 0.326 e. The molecule has 1 atom stereocenters. The van der Waals surface area contributed by atoms with E-state index in [2.05, 4.69) is 5.32 Å². The van der Waals surface area contributed by atoms with Gasteiger partial charge in [0.1, 0.15) is 11.8 Å². The van der Waals surface area contributed by atoms with Crippen molar-refractivity contribution in [2.45, 2.75) is 18.9 Å². The Hall–Kier alpha value is -2.77. The molecule has 1 unspecified atom stereocenters. The van der Waals surface area contributed by atoms with E-state index in [0.717, 1.165) is 0 Å². The molecule has 8 heteroatoms. The predicted octanol–water partition coefficient (Wildman–Crippen LogP) is -0.274. The van der Waals surface area contributed by atoms with Crippen molar-refractivity contribution >= 4 is 23.5 Å². The number of carbonyl (C=O) groups excluding carboxylic acids is 2. The van der Waals surface area contributed by atoms with Crippen LogP contribution < -0.4 is 21.5 Å². The fourth-order valence-electron chi connectivity index (χ4n) is 1.65. The molecule has 0 heterocycles. The second-order valence-corrected chi connectivity index (χ2v) is 4.32. The van der Waals surface area contributed by atoms with E-state index in [1.54, 1.807) is 0 Å². The molecule has 2 amide bonds. The summed E-state index contributed by atoms with van der Waals surface area (Å²) in [4.78, 5) is 33.7. The van der Waals surface area contributed by atoms with Crippen molar-refractivity contribution in [2.24, 2.45) is 5.73 Å². The van der Waals surface area contributed by atoms with Gasteiger partial charge in [0.25, 0.3) is 5.91 Å². The third-order valence-electron chi connectivity index (χ3n) is 2.79. The molecule has 0 spiro atoms. The van der Waals surface area contributed by atoms with Gasteiger partial charge in [-0.2, -0.15) is 0 Å². The Bertz CT molecular complexity index is 559. The molecular weight excluding hydrogens is 278 g/mol. The number of ether oxygens (including phenoxy) is 1. The average Bonchev–Trinajstić information content (AvgIpc) is 2.42. The summed E-state index contributed by atoms with van der Waals surface area (Å²) in [5.41, 5.74) is 11.0. The molecule has 6 N–H and O–H groups in total. The van der Waals surface area contributed by atoms with Gasteiger partial charge in [-0.3, -0.25) is 9.59 Å². The number of hydrogen-bond acceptors (Lipinski definition) is 5. The largest absolute Gasteiger partial charge is 0.497 e. The molecule has 1 aromatic carbocycles. The van der Waals surface area contributed by atoms with Crippen LogP contribution in [0.3, 0.4) is 0 Å². The van der Waals surface area contributed by atoms with Gasteiger partial charge in [0.05, 0.1) is 12.7 Å². The summed E-state index contributed by atoms with van der Waals surface area (Å²) in [6.45, 7) is 0. The number of carbonyl (C=O) groups is 3. The van der Waals surface area contributed by atoms with Gasteiger partial charge in [-0.15, -0.1) is 0 Å². The number of nitrogen functional groups attached to an aromatic ring is 1. The van der Waals surface area contributed by atoms with Crippen molar-refractivity contribution in [1.82, 2.24) is 5.32 Å². The standard InChI is InChI=1S/C13H17N3O5/c1-21-7-2-3-8(9(14)6-7)12(18)16-10(13(19)20)4-5-11(15)17/h2-3,6,10H,4-5,14H2,1H3,(H2,15,17)(H,16,18)(H,19,20). The first-order valence-electron chi connectivity index (χ1n) is 6.10. The van der Waals surface area contributed by atoms with Crippen molar-refractivity contribution in [1.29, 1.82) is 0 Å². The molecular formula is C13H17N3O5. The first-order valence-corrected chi connectivity index (χ1v) is 6.10. The molecule has 0 saturated heterocycles. The van der Waals surface area contributed by atoms with Crippen LogP contribution in [0, 0.1) is 0 Å². The van der Waals surface area contributed by atoms with Crippen molar-refractivity contribution in [3.05, 3.63) is 23.8 Å². The van der Waals surface area contributed by atoms with Crippen LogP contribution in [0.2, 0.25) is 0 Å². The molecule has 1 aromatic rings. The Kier molecular flexibility index (Phi) is 5.53. The molecule has 0 saturated carbocycles. The number of carboxylic acids is 1. The number of benzene rings is 1. The van der Waals surface area contributed by atoms with E-state index in [1.807, 2.05) is 0 Å². The van der Waals surface area contributed by atoms with Gasteiger partial charge in [-0.25, -0.2) is 4.79 Å². The van der Waals surface area contributed by atoms with Crippen molar-refractivity contribution in [3.8, 4) is 5.75 Å². The highest BCUT2D eigenvalue weighted by molar-refractivity contribution is 6.01. The van der Waals surface area contributed by atoms with Crippen LogP contribution >= 0.6 is 0 Å². The van der Waals surface area contributed by atoms with E-state index < -0.39 is 23.8 Å². The molecule has 8 nitrogen and oxygen atoms in total. The van der Waals surface area contributed by atoms with Crippen molar-refractivity contribution < 1.29 is 24.2 Å². The van der Waals surface area contributed by atoms with Gasteiger partial charge in [-0.1, -0.05) is 0 Å². The predicted molar refractivity (Wildman–Crippen MR) is 74.7 cm³/mol. The number of aliphatic carboxylic acids is 1. The van der Waals surface area contributed by atoms with E-state index in [1.165, 1.54) is 25.3 Å². The maximum atomic E-state index is 12.0. The number of nitrogens with two attached hydrogens (primary N) is 2. The summed E-state index contributed by atoms with van der Waals surface area (Å²) < 4.78 is 4.96. The summed E-state index contributed by atoms with van der Waals surface area (Å²) in [5, 5.41) is 11.3. The van der Waals surface area contributed by atoms with E-state index in [4.69, 9.17) is 21.3 Å². The normalized spacial score (nSPS) is 11.5.